The van der Waals surface area contributed by atoms with Crippen LogP contribution in [0.5, 0.6) is 0 Å². The first-order valence-corrected chi connectivity index (χ1v) is 6.35. The Hall–Kier alpha value is -3.15. The molecule has 0 bridgehead atoms. The van der Waals surface area contributed by atoms with E-state index in [-0.39, 0.29) is 5.91 Å². The fourth-order valence-electron chi connectivity index (χ4n) is 1.89. The summed E-state index contributed by atoms with van der Waals surface area (Å²) in [5.41, 5.74) is 8.13. The van der Waals surface area contributed by atoms with E-state index in [0.717, 1.165) is 5.69 Å². The summed E-state index contributed by atoms with van der Waals surface area (Å²) in [7, 11) is 0. The highest BCUT2D eigenvalue weighted by Gasteiger charge is 2.10. The molecule has 3 rings (SSSR count). The van der Waals surface area contributed by atoms with Crippen LogP contribution in [0, 0.1) is 0 Å². The molecule has 0 spiro atoms. The van der Waals surface area contributed by atoms with E-state index in [0.29, 0.717) is 17.1 Å². The largest absolute Gasteiger partial charge is 0.399 e. The summed E-state index contributed by atoms with van der Waals surface area (Å²) in [6.07, 6.45) is 4.93. The van der Waals surface area contributed by atoms with Crippen LogP contribution in [0.25, 0.3) is 5.69 Å². The Morgan fingerprint density at radius 1 is 1.19 bits per heavy atom. The molecule has 6 nitrogen and oxygen atoms in total. The van der Waals surface area contributed by atoms with Crippen molar-refractivity contribution in [1.29, 1.82) is 0 Å². The number of nitrogens with zero attached hydrogens (tertiary/aromatic N) is 3. The molecule has 0 saturated heterocycles. The summed E-state index contributed by atoms with van der Waals surface area (Å²) in [5.74, 6) is -0.286. The zero-order valence-electron chi connectivity index (χ0n) is 11.1. The molecule has 104 valence electrons. The number of hydrogen-bond acceptors (Lipinski definition) is 4. The molecular formula is C15H13N5O. The molecule has 0 fully saturated rings. The number of carbonyl (C=O) groups excluding carboxylic acids is 1. The lowest BCUT2D eigenvalue weighted by molar-refractivity contribution is 0.102. The van der Waals surface area contributed by atoms with Gasteiger partial charge < -0.3 is 11.1 Å². The van der Waals surface area contributed by atoms with E-state index in [2.05, 4.69) is 15.4 Å². The van der Waals surface area contributed by atoms with Gasteiger partial charge in [0.2, 0.25) is 0 Å². The van der Waals surface area contributed by atoms with Crippen molar-refractivity contribution < 1.29 is 4.79 Å². The molecule has 0 radical (unpaired) electrons. The molecule has 0 unspecified atom stereocenters. The third-order valence-corrected chi connectivity index (χ3v) is 2.88. The minimum Gasteiger partial charge on any atom is -0.399 e. The van der Waals surface area contributed by atoms with Crippen molar-refractivity contribution in [3.8, 4) is 5.69 Å². The third-order valence-electron chi connectivity index (χ3n) is 2.88. The number of hydrogen-bond donors (Lipinski definition) is 2. The lowest BCUT2D eigenvalue weighted by atomic mass is 10.3. The molecule has 1 amide bonds. The fourth-order valence-corrected chi connectivity index (χ4v) is 1.89. The van der Waals surface area contributed by atoms with Gasteiger partial charge in [0.15, 0.2) is 5.69 Å². The van der Waals surface area contributed by atoms with Crippen LogP contribution in [0.15, 0.2) is 61.1 Å². The SMILES string of the molecule is Nc1cccc(-n2ccc(C(=O)Nc3cccnc3)n2)c1. The molecule has 3 N–H and O–H groups in total. The molecule has 2 heterocycles. The molecule has 1 aromatic carbocycles. The van der Waals surface area contributed by atoms with Gasteiger partial charge in [-0.25, -0.2) is 4.68 Å². The number of rotatable bonds is 3. The first-order chi connectivity index (χ1) is 10.2. The molecule has 0 aliphatic carbocycles. The molecule has 0 aliphatic rings. The van der Waals surface area contributed by atoms with Gasteiger partial charge in [0.1, 0.15) is 0 Å². The second-order valence-corrected chi connectivity index (χ2v) is 4.44. The van der Waals surface area contributed by atoms with Crippen molar-refractivity contribution in [2.45, 2.75) is 0 Å². The normalized spacial score (nSPS) is 10.3. The highest BCUT2D eigenvalue weighted by atomic mass is 16.1. The highest BCUT2D eigenvalue weighted by molar-refractivity contribution is 6.02. The van der Waals surface area contributed by atoms with Crippen LogP contribution in [-0.2, 0) is 0 Å². The Bertz CT molecular complexity index is 766. The monoisotopic (exact) mass is 279 g/mol. The van der Waals surface area contributed by atoms with Gasteiger partial charge in [-0.1, -0.05) is 6.07 Å². The Kier molecular flexibility index (Phi) is 3.34. The van der Waals surface area contributed by atoms with Crippen molar-refractivity contribution in [2.75, 3.05) is 11.1 Å². The Balaban J connectivity index is 1.80. The lowest BCUT2D eigenvalue weighted by Crippen LogP contribution is -2.13. The van der Waals surface area contributed by atoms with Crippen LogP contribution in [0.4, 0.5) is 11.4 Å². The smallest absolute Gasteiger partial charge is 0.276 e. The topological polar surface area (TPSA) is 85.8 Å². The number of pyridine rings is 1. The van der Waals surface area contributed by atoms with Gasteiger partial charge in [0.25, 0.3) is 5.91 Å². The molecule has 6 heteroatoms. The van der Waals surface area contributed by atoms with Crippen LogP contribution in [0.1, 0.15) is 10.5 Å². The number of benzene rings is 1. The van der Waals surface area contributed by atoms with Crippen LogP contribution in [0.3, 0.4) is 0 Å². The maximum atomic E-state index is 12.1. The van der Waals surface area contributed by atoms with Crippen LogP contribution in [-0.4, -0.2) is 20.7 Å². The predicted molar refractivity (Wildman–Crippen MR) is 80.2 cm³/mol. The van der Waals surface area contributed by atoms with Crippen LogP contribution < -0.4 is 11.1 Å². The molecule has 0 saturated carbocycles. The summed E-state index contributed by atoms with van der Waals surface area (Å²) in [4.78, 5) is 16.0. The molecule has 3 aromatic rings. The number of amides is 1. The van der Waals surface area contributed by atoms with Gasteiger partial charge in [0.05, 0.1) is 17.6 Å². The van der Waals surface area contributed by atoms with Crippen molar-refractivity contribution >= 4 is 17.3 Å². The highest BCUT2D eigenvalue weighted by Crippen LogP contribution is 2.12. The van der Waals surface area contributed by atoms with Gasteiger partial charge in [-0.15, -0.1) is 0 Å². The third kappa shape index (κ3) is 2.89. The molecule has 0 atom stereocenters. The fraction of sp³-hybridized carbons (Fsp3) is 0. The molecular weight excluding hydrogens is 266 g/mol. The second kappa shape index (κ2) is 5.46. The van der Waals surface area contributed by atoms with E-state index < -0.39 is 0 Å². The van der Waals surface area contributed by atoms with E-state index in [1.54, 1.807) is 53.6 Å². The summed E-state index contributed by atoms with van der Waals surface area (Å²) >= 11 is 0. The second-order valence-electron chi connectivity index (χ2n) is 4.44. The molecule has 21 heavy (non-hydrogen) atoms. The Morgan fingerprint density at radius 2 is 2.10 bits per heavy atom. The first-order valence-electron chi connectivity index (χ1n) is 6.35. The van der Waals surface area contributed by atoms with Gasteiger partial charge in [-0.3, -0.25) is 9.78 Å². The van der Waals surface area contributed by atoms with Gasteiger partial charge in [-0.2, -0.15) is 5.10 Å². The minimum atomic E-state index is -0.286. The van der Waals surface area contributed by atoms with Crippen molar-refractivity contribution in [3.63, 3.8) is 0 Å². The number of nitrogen functional groups attached to an aromatic ring is 1. The minimum absolute atomic E-state index is 0.286. The summed E-state index contributed by atoms with van der Waals surface area (Å²) in [6.45, 7) is 0. The van der Waals surface area contributed by atoms with Gasteiger partial charge >= 0.3 is 0 Å². The number of nitrogens with two attached hydrogens (primary N) is 1. The van der Waals surface area contributed by atoms with Crippen LogP contribution >= 0.6 is 0 Å². The Morgan fingerprint density at radius 3 is 2.86 bits per heavy atom. The first kappa shape index (κ1) is 12.9. The maximum absolute atomic E-state index is 12.1. The van der Waals surface area contributed by atoms with E-state index in [1.165, 1.54) is 0 Å². The number of nitrogens with one attached hydrogen (secondary N) is 1. The van der Waals surface area contributed by atoms with E-state index in [9.17, 15) is 4.79 Å². The predicted octanol–water partition coefficient (Wildman–Crippen LogP) is 2.10. The van der Waals surface area contributed by atoms with E-state index in [4.69, 9.17) is 5.73 Å². The number of carbonyl (C=O) groups is 1. The summed E-state index contributed by atoms with van der Waals surface area (Å²) in [6, 6.07) is 12.4. The van der Waals surface area contributed by atoms with Crippen molar-refractivity contribution in [2.24, 2.45) is 0 Å². The zero-order chi connectivity index (χ0) is 14.7. The number of anilines is 2. The van der Waals surface area contributed by atoms with Gasteiger partial charge in [0, 0.05) is 18.1 Å². The zero-order valence-corrected chi connectivity index (χ0v) is 11.1. The van der Waals surface area contributed by atoms with Crippen LogP contribution in [0.2, 0.25) is 0 Å². The average Bonchev–Trinajstić information content (AvgIpc) is 2.98. The maximum Gasteiger partial charge on any atom is 0.276 e. The summed E-state index contributed by atoms with van der Waals surface area (Å²) in [5, 5.41) is 6.98. The standard InChI is InChI=1S/C15H13N5O/c16-11-3-1-5-13(9-11)20-8-6-14(19-20)15(21)18-12-4-2-7-17-10-12/h1-10H,16H2,(H,18,21). The molecule has 0 aliphatic heterocycles. The quantitative estimate of drug-likeness (QED) is 0.719. The van der Waals surface area contributed by atoms with E-state index >= 15 is 0 Å². The molecule has 2 aromatic heterocycles. The number of aromatic nitrogens is 3. The summed E-state index contributed by atoms with van der Waals surface area (Å²) < 4.78 is 1.61. The van der Waals surface area contributed by atoms with Gasteiger partial charge in [-0.05, 0) is 36.4 Å². The lowest BCUT2D eigenvalue weighted by Gasteiger charge is -2.03. The van der Waals surface area contributed by atoms with E-state index in [1.807, 2.05) is 12.1 Å². The van der Waals surface area contributed by atoms with Crippen molar-refractivity contribution in [3.05, 3.63) is 66.7 Å². The van der Waals surface area contributed by atoms with Crippen molar-refractivity contribution in [1.82, 2.24) is 14.8 Å². The Labute approximate surface area is 121 Å². The average molecular weight is 279 g/mol.